The zero-order valence-electron chi connectivity index (χ0n) is 10.4. The Morgan fingerprint density at radius 2 is 2.11 bits per heavy atom. The van der Waals surface area contributed by atoms with Gasteiger partial charge < -0.3 is 15.2 Å². The van der Waals surface area contributed by atoms with Crippen LogP contribution in [0.5, 0.6) is 0 Å². The average Bonchev–Trinajstić information content (AvgIpc) is 2.91. The van der Waals surface area contributed by atoms with Crippen LogP contribution in [0, 0.1) is 0 Å². The van der Waals surface area contributed by atoms with Gasteiger partial charge in [0, 0.05) is 11.4 Å². The van der Waals surface area contributed by atoms with E-state index in [9.17, 15) is 5.11 Å². The summed E-state index contributed by atoms with van der Waals surface area (Å²) in [6, 6.07) is 11.4. The molecule has 0 saturated heterocycles. The number of ether oxygens (including phenoxy) is 1. The molecule has 2 N–H and O–H groups in total. The third kappa shape index (κ3) is 4.84. The van der Waals surface area contributed by atoms with Crippen molar-refractivity contribution in [1.29, 1.82) is 0 Å². The number of rotatable bonds is 7. The fraction of sp³-hybridized carbons (Fsp3) is 0.286. The van der Waals surface area contributed by atoms with Crippen LogP contribution in [0.15, 0.2) is 41.8 Å². The predicted octanol–water partition coefficient (Wildman–Crippen LogP) is 3.39. The Hall–Kier alpha value is -1.07. The van der Waals surface area contributed by atoms with E-state index in [2.05, 4.69) is 5.32 Å². The second-order valence-electron chi connectivity index (χ2n) is 4.11. The van der Waals surface area contributed by atoms with E-state index in [1.807, 2.05) is 41.8 Å². The lowest BCUT2D eigenvalue weighted by Crippen LogP contribution is -2.24. The number of hydrogen-bond donors (Lipinski definition) is 2. The van der Waals surface area contributed by atoms with Crippen LogP contribution in [0.25, 0.3) is 0 Å². The van der Waals surface area contributed by atoms with Gasteiger partial charge in [-0.05, 0) is 23.6 Å². The Bertz CT molecular complexity index is 490. The van der Waals surface area contributed by atoms with Crippen molar-refractivity contribution >= 4 is 28.6 Å². The fourth-order valence-electron chi connectivity index (χ4n) is 1.58. The summed E-state index contributed by atoms with van der Waals surface area (Å²) in [6.07, 6.45) is -0.559. The Labute approximate surface area is 121 Å². The Morgan fingerprint density at radius 3 is 2.84 bits per heavy atom. The second-order valence-corrected chi connectivity index (χ2v) is 5.55. The van der Waals surface area contributed by atoms with Crippen LogP contribution in [0.1, 0.15) is 4.88 Å². The summed E-state index contributed by atoms with van der Waals surface area (Å²) >= 11 is 7.65. The number of thiophene rings is 1. The summed E-state index contributed by atoms with van der Waals surface area (Å²) in [4.78, 5) is 1.16. The minimum Gasteiger partial charge on any atom is -0.389 e. The lowest BCUT2D eigenvalue weighted by Gasteiger charge is -2.13. The highest BCUT2D eigenvalue weighted by Crippen LogP contribution is 2.20. The molecule has 0 aliphatic carbocycles. The maximum absolute atomic E-state index is 9.80. The standard InChI is InChI=1S/C14H16ClNO2S/c15-13-5-1-2-6-14(13)16-8-11(17)9-18-10-12-4-3-7-19-12/h1-7,11,16-17H,8-10H2. The molecule has 1 aromatic carbocycles. The maximum Gasteiger partial charge on any atom is 0.0945 e. The summed E-state index contributed by atoms with van der Waals surface area (Å²) in [5, 5.41) is 15.6. The number of aliphatic hydroxyl groups excluding tert-OH is 1. The SMILES string of the molecule is OC(CNc1ccccc1Cl)COCc1cccs1. The van der Waals surface area contributed by atoms with Crippen molar-refractivity contribution in [2.75, 3.05) is 18.5 Å². The molecule has 0 radical (unpaired) electrons. The van der Waals surface area contributed by atoms with Gasteiger partial charge in [0.2, 0.25) is 0 Å². The molecular formula is C14H16ClNO2S. The monoisotopic (exact) mass is 297 g/mol. The van der Waals surface area contributed by atoms with Crippen molar-refractivity contribution in [3.05, 3.63) is 51.7 Å². The van der Waals surface area contributed by atoms with Gasteiger partial charge in [-0.15, -0.1) is 11.3 Å². The van der Waals surface area contributed by atoms with Crippen molar-refractivity contribution in [3.63, 3.8) is 0 Å². The van der Waals surface area contributed by atoms with E-state index in [0.717, 1.165) is 10.6 Å². The van der Waals surface area contributed by atoms with Gasteiger partial charge in [-0.1, -0.05) is 29.8 Å². The molecule has 1 aromatic heterocycles. The highest BCUT2D eigenvalue weighted by molar-refractivity contribution is 7.09. The van der Waals surface area contributed by atoms with Crippen LogP contribution >= 0.6 is 22.9 Å². The molecule has 5 heteroatoms. The molecular weight excluding hydrogens is 282 g/mol. The highest BCUT2D eigenvalue weighted by Gasteiger charge is 2.06. The molecule has 2 rings (SSSR count). The van der Waals surface area contributed by atoms with Crippen molar-refractivity contribution in [3.8, 4) is 0 Å². The van der Waals surface area contributed by atoms with Gasteiger partial charge >= 0.3 is 0 Å². The van der Waals surface area contributed by atoms with Crippen molar-refractivity contribution in [2.24, 2.45) is 0 Å². The molecule has 3 nitrogen and oxygen atoms in total. The molecule has 1 heterocycles. The van der Waals surface area contributed by atoms with E-state index < -0.39 is 6.10 Å². The van der Waals surface area contributed by atoms with E-state index in [1.165, 1.54) is 0 Å². The summed E-state index contributed by atoms with van der Waals surface area (Å²) < 4.78 is 5.45. The van der Waals surface area contributed by atoms with Gasteiger partial charge in [-0.25, -0.2) is 0 Å². The Balaban J connectivity index is 1.67. The summed E-state index contributed by atoms with van der Waals surface area (Å²) in [6.45, 7) is 1.25. The Morgan fingerprint density at radius 1 is 1.26 bits per heavy atom. The van der Waals surface area contributed by atoms with Crippen LogP contribution in [-0.2, 0) is 11.3 Å². The van der Waals surface area contributed by atoms with Crippen molar-refractivity contribution in [2.45, 2.75) is 12.7 Å². The highest BCUT2D eigenvalue weighted by atomic mass is 35.5. The molecule has 0 bridgehead atoms. The van der Waals surface area contributed by atoms with E-state index in [0.29, 0.717) is 24.8 Å². The molecule has 102 valence electrons. The lowest BCUT2D eigenvalue weighted by molar-refractivity contribution is 0.0359. The first-order valence-electron chi connectivity index (χ1n) is 6.02. The van der Waals surface area contributed by atoms with Crippen LogP contribution in [0.2, 0.25) is 5.02 Å². The number of aliphatic hydroxyl groups is 1. The first kappa shape index (κ1) is 14.3. The molecule has 0 amide bonds. The van der Waals surface area contributed by atoms with Crippen molar-refractivity contribution in [1.82, 2.24) is 0 Å². The molecule has 1 atom stereocenters. The molecule has 0 saturated carbocycles. The summed E-state index contributed by atoms with van der Waals surface area (Å²) in [7, 11) is 0. The van der Waals surface area contributed by atoms with E-state index in [1.54, 1.807) is 11.3 Å². The topological polar surface area (TPSA) is 41.5 Å². The number of nitrogens with one attached hydrogen (secondary N) is 1. The molecule has 0 spiro atoms. The smallest absolute Gasteiger partial charge is 0.0945 e. The van der Waals surface area contributed by atoms with Crippen LogP contribution in [0.3, 0.4) is 0 Å². The zero-order chi connectivity index (χ0) is 13.5. The third-order valence-corrected chi connectivity index (χ3v) is 3.72. The first-order valence-corrected chi connectivity index (χ1v) is 7.28. The molecule has 2 aromatic rings. The first-order chi connectivity index (χ1) is 9.25. The number of halogens is 1. The number of para-hydroxylation sites is 1. The van der Waals surface area contributed by atoms with Crippen LogP contribution in [-0.4, -0.2) is 24.4 Å². The third-order valence-electron chi connectivity index (χ3n) is 2.54. The Kier molecular flexibility index (Phi) is 5.66. The van der Waals surface area contributed by atoms with Gasteiger partial charge in [0.1, 0.15) is 0 Å². The summed E-state index contributed by atoms with van der Waals surface area (Å²) in [5.41, 5.74) is 0.821. The number of anilines is 1. The van der Waals surface area contributed by atoms with Crippen molar-refractivity contribution < 1.29 is 9.84 Å². The molecule has 19 heavy (non-hydrogen) atoms. The number of hydrogen-bond acceptors (Lipinski definition) is 4. The minimum atomic E-state index is -0.559. The predicted molar refractivity (Wildman–Crippen MR) is 79.9 cm³/mol. The fourth-order valence-corrected chi connectivity index (χ4v) is 2.42. The van der Waals surface area contributed by atoms with E-state index in [-0.39, 0.29) is 0 Å². The zero-order valence-corrected chi connectivity index (χ0v) is 12.0. The van der Waals surface area contributed by atoms with E-state index in [4.69, 9.17) is 16.3 Å². The molecule has 0 aliphatic rings. The molecule has 0 aliphatic heterocycles. The normalized spacial score (nSPS) is 12.3. The van der Waals surface area contributed by atoms with Gasteiger partial charge in [0.05, 0.1) is 30.0 Å². The van der Waals surface area contributed by atoms with Gasteiger partial charge in [-0.2, -0.15) is 0 Å². The van der Waals surface area contributed by atoms with E-state index >= 15 is 0 Å². The van der Waals surface area contributed by atoms with Gasteiger partial charge in [0.15, 0.2) is 0 Å². The second kappa shape index (κ2) is 7.50. The average molecular weight is 298 g/mol. The number of benzene rings is 1. The quantitative estimate of drug-likeness (QED) is 0.823. The summed E-state index contributed by atoms with van der Waals surface area (Å²) in [5.74, 6) is 0. The van der Waals surface area contributed by atoms with Gasteiger partial charge in [-0.3, -0.25) is 0 Å². The molecule has 1 unspecified atom stereocenters. The molecule has 0 fully saturated rings. The lowest BCUT2D eigenvalue weighted by atomic mass is 10.3. The van der Waals surface area contributed by atoms with Gasteiger partial charge in [0.25, 0.3) is 0 Å². The van der Waals surface area contributed by atoms with Crippen LogP contribution in [0.4, 0.5) is 5.69 Å². The largest absolute Gasteiger partial charge is 0.389 e. The minimum absolute atomic E-state index is 0.301. The van der Waals surface area contributed by atoms with Crippen LogP contribution < -0.4 is 5.32 Å². The maximum atomic E-state index is 9.80.